The highest BCUT2D eigenvalue weighted by Crippen LogP contribution is 2.80. The minimum Gasteiger partial charge on any atom is -0.466 e. The molecule has 6 atom stereocenters. The van der Waals surface area contributed by atoms with E-state index >= 15 is 0 Å². The summed E-state index contributed by atoms with van der Waals surface area (Å²) in [7, 11) is 0. The molecule has 0 aromatic heterocycles. The van der Waals surface area contributed by atoms with Gasteiger partial charge in [0.1, 0.15) is 0 Å². The molecule has 5 aliphatic rings. The van der Waals surface area contributed by atoms with E-state index in [0.29, 0.717) is 6.61 Å². The van der Waals surface area contributed by atoms with E-state index in [1.165, 1.54) is 13.3 Å². The maximum atomic E-state index is 10.7. The molecular formula is C13H16O2. The van der Waals surface area contributed by atoms with Crippen LogP contribution in [-0.2, 0) is 9.53 Å². The second-order valence-electron chi connectivity index (χ2n) is 5.65. The van der Waals surface area contributed by atoms with Crippen LogP contribution >= 0.6 is 0 Å². The van der Waals surface area contributed by atoms with E-state index in [4.69, 9.17) is 4.74 Å². The summed E-state index contributed by atoms with van der Waals surface area (Å²) in [6, 6.07) is 0. The fraction of sp³-hybridized carbons (Fsp3) is 0.769. The maximum absolute atomic E-state index is 10.7. The summed E-state index contributed by atoms with van der Waals surface area (Å²) in [6.45, 7) is 2.09. The van der Waals surface area contributed by atoms with Crippen molar-refractivity contribution < 1.29 is 9.53 Å². The molecule has 5 aliphatic carbocycles. The molecule has 0 N–H and O–H groups in total. The average Bonchev–Trinajstić information content (AvgIpc) is 2.56. The lowest BCUT2D eigenvalue weighted by atomic mass is 9.93. The zero-order valence-electron chi connectivity index (χ0n) is 8.98. The fourth-order valence-corrected chi connectivity index (χ4v) is 4.90. The van der Waals surface area contributed by atoms with E-state index in [9.17, 15) is 4.79 Å². The number of allylic oxidation sites excluding steroid dienone is 1. The number of esters is 1. The third-order valence-corrected chi connectivity index (χ3v) is 5.18. The van der Waals surface area contributed by atoms with Gasteiger partial charge in [0, 0.05) is 13.3 Å². The van der Waals surface area contributed by atoms with Gasteiger partial charge < -0.3 is 4.74 Å². The van der Waals surface area contributed by atoms with Gasteiger partial charge in [-0.2, -0.15) is 0 Å². The van der Waals surface area contributed by atoms with Crippen molar-refractivity contribution in [1.29, 1.82) is 0 Å². The third kappa shape index (κ3) is 0.889. The van der Waals surface area contributed by atoms with E-state index in [1.807, 2.05) is 0 Å². The molecule has 15 heavy (non-hydrogen) atoms. The summed E-state index contributed by atoms with van der Waals surface area (Å²) >= 11 is 0. The summed E-state index contributed by atoms with van der Waals surface area (Å²) in [5.41, 5.74) is 1.62. The molecule has 0 amide bonds. The number of hydrogen-bond acceptors (Lipinski definition) is 2. The second kappa shape index (κ2) is 2.47. The lowest BCUT2D eigenvalue weighted by Gasteiger charge is -2.14. The van der Waals surface area contributed by atoms with Crippen LogP contribution < -0.4 is 0 Å². The van der Waals surface area contributed by atoms with Crippen molar-refractivity contribution in [1.82, 2.24) is 0 Å². The molecule has 6 unspecified atom stereocenters. The van der Waals surface area contributed by atoms with Gasteiger partial charge in [-0.05, 0) is 41.9 Å². The molecule has 0 spiro atoms. The Balaban J connectivity index is 1.44. The molecule has 4 saturated carbocycles. The fourth-order valence-electron chi connectivity index (χ4n) is 4.90. The van der Waals surface area contributed by atoms with Gasteiger partial charge in [0.05, 0.1) is 6.61 Å². The highest BCUT2D eigenvalue weighted by atomic mass is 16.5. The van der Waals surface area contributed by atoms with Crippen molar-refractivity contribution in [2.45, 2.75) is 19.8 Å². The first-order valence-electron chi connectivity index (χ1n) is 6.11. The molecular weight excluding hydrogens is 188 g/mol. The van der Waals surface area contributed by atoms with Crippen molar-refractivity contribution in [3.05, 3.63) is 11.6 Å². The van der Waals surface area contributed by atoms with E-state index in [-0.39, 0.29) is 5.97 Å². The monoisotopic (exact) mass is 204 g/mol. The second-order valence-corrected chi connectivity index (χ2v) is 5.65. The molecule has 5 rings (SSSR count). The van der Waals surface area contributed by atoms with Gasteiger partial charge in [-0.15, -0.1) is 0 Å². The molecule has 6 bridgehead atoms. The minimum atomic E-state index is -0.146. The van der Waals surface area contributed by atoms with Gasteiger partial charge in [0.2, 0.25) is 0 Å². The zero-order valence-corrected chi connectivity index (χ0v) is 8.98. The maximum Gasteiger partial charge on any atom is 0.302 e. The first-order valence-corrected chi connectivity index (χ1v) is 6.11. The molecule has 0 saturated heterocycles. The normalized spacial score (nSPS) is 51.9. The van der Waals surface area contributed by atoms with Crippen LogP contribution in [0.15, 0.2) is 11.6 Å². The highest BCUT2D eigenvalue weighted by molar-refractivity contribution is 5.65. The van der Waals surface area contributed by atoms with E-state index in [2.05, 4.69) is 6.08 Å². The van der Waals surface area contributed by atoms with Gasteiger partial charge in [0.15, 0.2) is 0 Å². The van der Waals surface area contributed by atoms with Crippen molar-refractivity contribution >= 4 is 5.97 Å². The molecule has 0 heterocycles. The summed E-state index contributed by atoms with van der Waals surface area (Å²) in [4.78, 5) is 10.7. The highest BCUT2D eigenvalue weighted by Gasteiger charge is 2.75. The summed E-state index contributed by atoms with van der Waals surface area (Å²) in [6.07, 6.45) is 5.01. The first-order chi connectivity index (χ1) is 7.27. The average molecular weight is 204 g/mol. The predicted molar refractivity (Wildman–Crippen MR) is 54.9 cm³/mol. The Hall–Kier alpha value is -0.790. The smallest absolute Gasteiger partial charge is 0.302 e. The topological polar surface area (TPSA) is 26.3 Å². The quantitative estimate of drug-likeness (QED) is 0.519. The third-order valence-electron chi connectivity index (χ3n) is 5.18. The Morgan fingerprint density at radius 3 is 2.93 bits per heavy atom. The number of carbonyl (C=O) groups excluding carboxylic acids is 1. The van der Waals surface area contributed by atoms with Crippen LogP contribution in [0.1, 0.15) is 19.8 Å². The van der Waals surface area contributed by atoms with Crippen LogP contribution in [0.2, 0.25) is 0 Å². The zero-order chi connectivity index (χ0) is 10.2. The standard InChI is InChI=1S/C13H16O2/c1-6(14)15-3-2-7-4-8-9-5-10-12(8)13(10)11(7)9/h4,8-13H,2-3,5H2,1H3. The number of rotatable bonds is 3. The van der Waals surface area contributed by atoms with Gasteiger partial charge in [-0.3, -0.25) is 4.79 Å². The van der Waals surface area contributed by atoms with Crippen LogP contribution in [-0.4, -0.2) is 12.6 Å². The molecule has 80 valence electrons. The molecule has 2 heteroatoms. The Morgan fingerprint density at radius 1 is 1.47 bits per heavy atom. The predicted octanol–water partition coefficient (Wildman–Crippen LogP) is 2.01. The Bertz CT molecular complexity index is 371. The van der Waals surface area contributed by atoms with Crippen molar-refractivity contribution in [2.75, 3.05) is 6.61 Å². The van der Waals surface area contributed by atoms with Gasteiger partial charge in [-0.1, -0.05) is 11.6 Å². The van der Waals surface area contributed by atoms with Crippen LogP contribution in [0.3, 0.4) is 0 Å². The molecule has 0 aliphatic heterocycles. The summed E-state index contributed by atoms with van der Waals surface area (Å²) in [5, 5.41) is 0. The van der Waals surface area contributed by atoms with E-state index in [0.717, 1.165) is 41.9 Å². The molecule has 2 nitrogen and oxygen atoms in total. The first kappa shape index (κ1) is 8.37. The number of hydrogen-bond donors (Lipinski definition) is 0. The SMILES string of the molecule is CC(=O)OCCC1=CC2C3CC4C2C4C13. The minimum absolute atomic E-state index is 0.146. The van der Waals surface area contributed by atoms with Gasteiger partial charge in [-0.25, -0.2) is 0 Å². The van der Waals surface area contributed by atoms with Gasteiger partial charge >= 0.3 is 5.97 Å². The van der Waals surface area contributed by atoms with Crippen LogP contribution in [0, 0.1) is 35.5 Å². The Labute approximate surface area is 89.7 Å². The van der Waals surface area contributed by atoms with E-state index in [1.54, 1.807) is 5.57 Å². The van der Waals surface area contributed by atoms with Crippen molar-refractivity contribution in [3.63, 3.8) is 0 Å². The molecule has 0 aromatic carbocycles. The lowest BCUT2D eigenvalue weighted by Crippen LogP contribution is -2.08. The Kier molecular flexibility index (Phi) is 1.38. The largest absolute Gasteiger partial charge is 0.466 e. The van der Waals surface area contributed by atoms with Gasteiger partial charge in [0.25, 0.3) is 0 Å². The molecule has 0 radical (unpaired) electrons. The summed E-state index contributed by atoms with van der Waals surface area (Å²) < 4.78 is 5.03. The number of carbonyl (C=O) groups is 1. The van der Waals surface area contributed by atoms with Crippen LogP contribution in [0.4, 0.5) is 0 Å². The van der Waals surface area contributed by atoms with Crippen LogP contribution in [0.5, 0.6) is 0 Å². The number of ether oxygens (including phenoxy) is 1. The summed E-state index contributed by atoms with van der Waals surface area (Å²) in [5.74, 6) is 5.91. The van der Waals surface area contributed by atoms with Crippen molar-refractivity contribution in [3.8, 4) is 0 Å². The molecule has 0 aromatic rings. The Morgan fingerprint density at radius 2 is 2.33 bits per heavy atom. The lowest BCUT2D eigenvalue weighted by molar-refractivity contribution is -0.140. The van der Waals surface area contributed by atoms with Crippen LogP contribution in [0.25, 0.3) is 0 Å². The van der Waals surface area contributed by atoms with Crippen molar-refractivity contribution in [2.24, 2.45) is 35.5 Å². The molecule has 4 fully saturated rings. The van der Waals surface area contributed by atoms with E-state index < -0.39 is 0 Å².